The third kappa shape index (κ3) is 3.98. The maximum atomic E-state index is 12.9. The molecule has 9 nitrogen and oxygen atoms in total. The van der Waals surface area contributed by atoms with Crippen molar-refractivity contribution in [3.63, 3.8) is 0 Å². The maximum Gasteiger partial charge on any atom is 0.332 e. The summed E-state index contributed by atoms with van der Waals surface area (Å²) >= 11 is 0. The van der Waals surface area contributed by atoms with Crippen molar-refractivity contribution in [2.24, 2.45) is 4.99 Å². The fraction of sp³-hybridized carbons (Fsp3) is 0.211. The van der Waals surface area contributed by atoms with Crippen molar-refractivity contribution in [3.05, 3.63) is 53.5 Å². The molecule has 0 bridgehead atoms. The largest absolute Gasteiger partial charge is 0.497 e. The molecule has 0 atom stereocenters. The molecule has 1 N–H and O–H groups in total. The highest BCUT2D eigenvalue weighted by Crippen LogP contribution is 2.25. The molecule has 1 saturated heterocycles. The number of benzene rings is 1. The molecule has 1 amide bonds. The zero-order valence-corrected chi connectivity index (χ0v) is 15.9. The molecule has 9 heteroatoms. The van der Waals surface area contributed by atoms with Gasteiger partial charge in [-0.1, -0.05) is 0 Å². The molecule has 1 fully saturated rings. The SMILES string of the molecule is COC(=O)C=C1NC(=Nc2nc(C)cc(C)n2)N(c2ccc(OC)cc2)C1=O. The fourth-order valence-electron chi connectivity index (χ4n) is 2.62. The number of rotatable bonds is 4. The minimum atomic E-state index is -0.658. The van der Waals surface area contributed by atoms with E-state index >= 15 is 0 Å². The van der Waals surface area contributed by atoms with Crippen LogP contribution in [0.1, 0.15) is 11.4 Å². The second-order valence-electron chi connectivity index (χ2n) is 5.93. The summed E-state index contributed by atoms with van der Waals surface area (Å²) in [5.41, 5.74) is 2.07. The lowest BCUT2D eigenvalue weighted by atomic mass is 10.2. The minimum Gasteiger partial charge on any atom is -0.497 e. The average Bonchev–Trinajstić information content (AvgIpc) is 2.95. The Hall–Kier alpha value is -3.75. The van der Waals surface area contributed by atoms with Gasteiger partial charge in [0, 0.05) is 11.4 Å². The number of carbonyl (C=O) groups excluding carboxylic acids is 2. The molecule has 1 aliphatic heterocycles. The van der Waals surface area contributed by atoms with Crippen LogP contribution < -0.4 is 15.0 Å². The highest BCUT2D eigenvalue weighted by Gasteiger charge is 2.34. The molecule has 1 aliphatic rings. The monoisotopic (exact) mass is 381 g/mol. The van der Waals surface area contributed by atoms with E-state index < -0.39 is 11.9 Å². The van der Waals surface area contributed by atoms with Crippen LogP contribution in [0.15, 0.2) is 47.1 Å². The second kappa shape index (κ2) is 7.87. The molecule has 1 aromatic heterocycles. The average molecular weight is 381 g/mol. The number of ether oxygens (including phenoxy) is 2. The van der Waals surface area contributed by atoms with Gasteiger partial charge in [0.25, 0.3) is 11.9 Å². The third-order valence-electron chi connectivity index (χ3n) is 3.86. The molecule has 0 radical (unpaired) electrons. The van der Waals surface area contributed by atoms with Crippen molar-refractivity contribution in [1.82, 2.24) is 15.3 Å². The quantitative estimate of drug-likeness (QED) is 0.635. The van der Waals surface area contributed by atoms with E-state index in [4.69, 9.17) is 4.74 Å². The first kappa shape index (κ1) is 19.0. The van der Waals surface area contributed by atoms with Crippen LogP contribution in [-0.2, 0) is 14.3 Å². The van der Waals surface area contributed by atoms with Gasteiger partial charge in [-0.15, -0.1) is 0 Å². The van der Waals surface area contributed by atoms with E-state index in [0.717, 1.165) is 17.5 Å². The standard InChI is InChI=1S/C19H19N5O4/c1-11-9-12(2)21-18(20-11)23-19-22-15(10-16(25)28-4)17(26)24(19)13-5-7-14(27-3)8-6-13/h5-10H,1-4H3,(H,20,21,22,23). The van der Waals surface area contributed by atoms with E-state index in [1.807, 2.05) is 19.9 Å². The molecular weight excluding hydrogens is 362 g/mol. The van der Waals surface area contributed by atoms with Crippen LogP contribution in [0.3, 0.4) is 0 Å². The first-order chi connectivity index (χ1) is 13.4. The molecule has 3 rings (SSSR count). The summed E-state index contributed by atoms with van der Waals surface area (Å²) in [6.07, 6.45) is 1.07. The lowest BCUT2D eigenvalue weighted by Crippen LogP contribution is -2.32. The van der Waals surface area contributed by atoms with Crippen LogP contribution in [0.4, 0.5) is 11.6 Å². The van der Waals surface area contributed by atoms with Gasteiger partial charge in [0.15, 0.2) is 0 Å². The lowest BCUT2D eigenvalue weighted by Gasteiger charge is -2.15. The Balaban J connectivity index is 2.07. The van der Waals surface area contributed by atoms with Crippen molar-refractivity contribution in [3.8, 4) is 5.75 Å². The zero-order chi connectivity index (χ0) is 20.3. The number of hydrogen-bond donors (Lipinski definition) is 1. The summed E-state index contributed by atoms with van der Waals surface area (Å²) in [5, 5.41) is 2.85. The van der Waals surface area contributed by atoms with Crippen molar-refractivity contribution in [2.75, 3.05) is 19.1 Å². The first-order valence-electron chi connectivity index (χ1n) is 8.37. The number of aliphatic imine (C=N–C) groups is 1. The zero-order valence-electron chi connectivity index (χ0n) is 15.9. The Bertz CT molecular complexity index is 962. The second-order valence-corrected chi connectivity index (χ2v) is 5.93. The van der Waals surface area contributed by atoms with Crippen molar-refractivity contribution < 1.29 is 19.1 Å². The van der Waals surface area contributed by atoms with Crippen LogP contribution in [0, 0.1) is 13.8 Å². The molecular formula is C19H19N5O4. The number of amides is 1. The number of carbonyl (C=O) groups is 2. The van der Waals surface area contributed by atoms with Crippen molar-refractivity contribution >= 4 is 29.5 Å². The Morgan fingerprint density at radius 2 is 1.79 bits per heavy atom. The van der Waals surface area contributed by atoms with E-state index in [1.165, 1.54) is 12.0 Å². The molecule has 0 spiro atoms. The highest BCUT2D eigenvalue weighted by molar-refractivity contribution is 6.29. The topological polar surface area (TPSA) is 106 Å². The lowest BCUT2D eigenvalue weighted by molar-refractivity contribution is -0.135. The number of nitrogens with zero attached hydrogens (tertiary/aromatic N) is 4. The first-order valence-corrected chi connectivity index (χ1v) is 8.37. The number of aromatic nitrogens is 2. The van der Waals surface area contributed by atoms with Gasteiger partial charge in [-0.05, 0) is 44.2 Å². The number of nitrogens with one attached hydrogen (secondary N) is 1. The van der Waals surface area contributed by atoms with Crippen molar-refractivity contribution in [1.29, 1.82) is 0 Å². The van der Waals surface area contributed by atoms with Gasteiger partial charge in [-0.25, -0.2) is 19.7 Å². The summed E-state index contributed by atoms with van der Waals surface area (Å²) in [6.45, 7) is 3.66. The van der Waals surface area contributed by atoms with Gasteiger partial charge in [0.1, 0.15) is 11.4 Å². The molecule has 0 saturated carbocycles. The van der Waals surface area contributed by atoms with E-state index in [2.05, 4.69) is 25.0 Å². The summed E-state index contributed by atoms with van der Waals surface area (Å²) in [4.78, 5) is 38.7. The number of anilines is 1. The Kier molecular flexibility index (Phi) is 5.35. The number of guanidine groups is 1. The molecule has 0 unspecified atom stereocenters. The number of esters is 1. The molecule has 2 aromatic rings. The predicted molar refractivity (Wildman–Crippen MR) is 102 cm³/mol. The van der Waals surface area contributed by atoms with Gasteiger partial charge in [0.05, 0.1) is 26.0 Å². The van der Waals surface area contributed by atoms with E-state index in [0.29, 0.717) is 11.4 Å². The van der Waals surface area contributed by atoms with Crippen LogP contribution in [-0.4, -0.2) is 42.0 Å². The van der Waals surface area contributed by atoms with Gasteiger partial charge >= 0.3 is 5.97 Å². The number of methoxy groups -OCH3 is 2. The number of aryl methyl sites for hydroxylation is 2. The van der Waals surface area contributed by atoms with E-state index in [1.54, 1.807) is 31.4 Å². The number of hydrogen-bond acceptors (Lipinski definition) is 7. The summed E-state index contributed by atoms with van der Waals surface area (Å²) in [5.74, 6) is -0.0983. The normalized spacial score (nSPS) is 16.4. The van der Waals surface area contributed by atoms with Crippen LogP contribution in [0.5, 0.6) is 5.75 Å². The van der Waals surface area contributed by atoms with Gasteiger partial charge in [-0.3, -0.25) is 4.79 Å². The minimum absolute atomic E-state index is 0.0331. The van der Waals surface area contributed by atoms with Gasteiger partial charge in [0.2, 0.25) is 5.96 Å². The fourth-order valence-corrected chi connectivity index (χ4v) is 2.62. The van der Waals surface area contributed by atoms with E-state index in [9.17, 15) is 9.59 Å². The van der Waals surface area contributed by atoms with Crippen molar-refractivity contribution in [2.45, 2.75) is 13.8 Å². The predicted octanol–water partition coefficient (Wildman–Crippen LogP) is 1.78. The van der Waals surface area contributed by atoms with Crippen LogP contribution in [0.25, 0.3) is 0 Å². The van der Waals surface area contributed by atoms with Gasteiger partial charge < -0.3 is 14.8 Å². The summed E-state index contributed by atoms with van der Waals surface area (Å²) in [6, 6.07) is 8.67. The maximum absolute atomic E-state index is 12.9. The van der Waals surface area contributed by atoms with Gasteiger partial charge in [-0.2, -0.15) is 4.99 Å². The Morgan fingerprint density at radius 1 is 1.14 bits per heavy atom. The highest BCUT2D eigenvalue weighted by atomic mass is 16.5. The third-order valence-corrected chi connectivity index (χ3v) is 3.86. The summed E-state index contributed by atoms with van der Waals surface area (Å²) in [7, 11) is 2.79. The van der Waals surface area contributed by atoms with E-state index in [-0.39, 0.29) is 17.6 Å². The molecule has 1 aromatic carbocycles. The molecule has 28 heavy (non-hydrogen) atoms. The smallest absolute Gasteiger partial charge is 0.332 e. The molecule has 0 aliphatic carbocycles. The molecule has 144 valence electrons. The Labute approximate surface area is 161 Å². The van der Waals surface area contributed by atoms with Crippen LogP contribution >= 0.6 is 0 Å². The molecule has 2 heterocycles. The summed E-state index contributed by atoms with van der Waals surface area (Å²) < 4.78 is 9.76. The Morgan fingerprint density at radius 3 is 2.36 bits per heavy atom. The van der Waals surface area contributed by atoms with Crippen LogP contribution in [0.2, 0.25) is 0 Å².